The summed E-state index contributed by atoms with van der Waals surface area (Å²) in [6.07, 6.45) is 4.23. The van der Waals surface area contributed by atoms with Crippen LogP contribution in [0, 0.1) is 5.92 Å². The molecule has 1 saturated carbocycles. The van der Waals surface area contributed by atoms with Crippen LogP contribution in [0.4, 0.5) is 5.69 Å². The summed E-state index contributed by atoms with van der Waals surface area (Å²) in [5.74, 6) is 0.126. The van der Waals surface area contributed by atoms with Crippen molar-refractivity contribution in [2.45, 2.75) is 37.6 Å². The van der Waals surface area contributed by atoms with Gasteiger partial charge in [0.25, 0.3) is 0 Å². The number of primary amides is 1. The van der Waals surface area contributed by atoms with E-state index in [2.05, 4.69) is 5.32 Å². The first kappa shape index (κ1) is 11.8. The van der Waals surface area contributed by atoms with Gasteiger partial charge < -0.3 is 11.1 Å². The summed E-state index contributed by atoms with van der Waals surface area (Å²) in [7, 11) is 0. The molecule has 0 saturated heterocycles. The van der Waals surface area contributed by atoms with Crippen LogP contribution in [0.15, 0.2) is 18.2 Å². The number of benzene rings is 1. The number of hydrogen-bond acceptors (Lipinski definition) is 2. The fraction of sp³-hybridized carbons (Fsp3) is 0.500. The summed E-state index contributed by atoms with van der Waals surface area (Å²) in [6.45, 7) is 0. The SMILES string of the molecule is NC(=O)[C@H]1CCCCC2c3cc(Cl)ccc3NC21. The maximum Gasteiger partial charge on any atom is 0.222 e. The lowest BCUT2D eigenvalue weighted by Crippen LogP contribution is -2.38. The molecule has 0 radical (unpaired) electrons. The van der Waals surface area contributed by atoms with E-state index >= 15 is 0 Å². The molecule has 96 valence electrons. The molecule has 4 heteroatoms. The number of anilines is 1. The molecule has 1 amide bonds. The van der Waals surface area contributed by atoms with E-state index in [-0.39, 0.29) is 17.9 Å². The third-order valence-electron chi connectivity index (χ3n) is 4.25. The van der Waals surface area contributed by atoms with Crippen LogP contribution in [0.3, 0.4) is 0 Å². The van der Waals surface area contributed by atoms with E-state index < -0.39 is 0 Å². The van der Waals surface area contributed by atoms with Gasteiger partial charge >= 0.3 is 0 Å². The van der Waals surface area contributed by atoms with Crippen molar-refractivity contribution in [3.8, 4) is 0 Å². The van der Waals surface area contributed by atoms with Crippen LogP contribution < -0.4 is 11.1 Å². The van der Waals surface area contributed by atoms with Crippen molar-refractivity contribution in [1.29, 1.82) is 0 Å². The quantitative estimate of drug-likeness (QED) is 0.819. The highest BCUT2D eigenvalue weighted by atomic mass is 35.5. The lowest BCUT2D eigenvalue weighted by molar-refractivity contribution is -0.122. The normalized spacial score (nSPS) is 29.9. The molecule has 1 aliphatic heterocycles. The molecule has 1 aromatic carbocycles. The van der Waals surface area contributed by atoms with Crippen molar-refractivity contribution in [2.75, 3.05) is 5.32 Å². The molecular weight excluding hydrogens is 248 g/mol. The molecule has 3 N–H and O–H groups in total. The first-order chi connectivity index (χ1) is 8.66. The first-order valence-electron chi connectivity index (χ1n) is 6.52. The van der Waals surface area contributed by atoms with Gasteiger partial charge in [-0.15, -0.1) is 0 Å². The average Bonchev–Trinajstić information content (AvgIpc) is 2.55. The smallest absolute Gasteiger partial charge is 0.222 e. The molecule has 2 aliphatic rings. The molecule has 0 bridgehead atoms. The van der Waals surface area contributed by atoms with Gasteiger partial charge in [0.1, 0.15) is 0 Å². The van der Waals surface area contributed by atoms with Crippen LogP contribution in [0.5, 0.6) is 0 Å². The molecular formula is C14H17ClN2O. The fourth-order valence-corrected chi connectivity index (χ4v) is 3.57. The number of fused-ring (bicyclic) bond motifs is 3. The lowest BCUT2D eigenvalue weighted by Gasteiger charge is -2.24. The second kappa shape index (κ2) is 4.47. The van der Waals surface area contributed by atoms with E-state index in [9.17, 15) is 4.79 Å². The second-order valence-corrected chi connectivity index (χ2v) is 5.74. The minimum atomic E-state index is -0.182. The number of halogens is 1. The maximum absolute atomic E-state index is 11.6. The van der Waals surface area contributed by atoms with Crippen LogP contribution in [-0.2, 0) is 4.79 Å². The topological polar surface area (TPSA) is 55.1 Å². The average molecular weight is 265 g/mol. The van der Waals surface area contributed by atoms with Crippen LogP contribution >= 0.6 is 11.6 Å². The summed E-state index contributed by atoms with van der Waals surface area (Å²) in [5.41, 5.74) is 7.92. The minimum absolute atomic E-state index is 0.0660. The Bertz CT molecular complexity index is 489. The number of nitrogens with one attached hydrogen (secondary N) is 1. The molecule has 1 fully saturated rings. The number of nitrogens with two attached hydrogens (primary N) is 1. The summed E-state index contributed by atoms with van der Waals surface area (Å²) < 4.78 is 0. The molecule has 1 aromatic rings. The van der Waals surface area contributed by atoms with Crippen LogP contribution in [0.1, 0.15) is 37.2 Å². The Balaban J connectivity index is 1.99. The van der Waals surface area contributed by atoms with Crippen molar-refractivity contribution in [3.05, 3.63) is 28.8 Å². The van der Waals surface area contributed by atoms with Gasteiger partial charge in [-0.1, -0.05) is 24.4 Å². The number of hydrogen-bond donors (Lipinski definition) is 2. The van der Waals surface area contributed by atoms with Gasteiger partial charge in [-0.05, 0) is 36.6 Å². The van der Waals surface area contributed by atoms with Crippen molar-refractivity contribution < 1.29 is 4.79 Å². The zero-order chi connectivity index (χ0) is 12.7. The van der Waals surface area contributed by atoms with Gasteiger partial charge in [0.15, 0.2) is 0 Å². The zero-order valence-corrected chi connectivity index (χ0v) is 10.9. The molecule has 0 spiro atoms. The molecule has 18 heavy (non-hydrogen) atoms. The maximum atomic E-state index is 11.6. The Labute approximate surface area is 112 Å². The highest BCUT2D eigenvalue weighted by molar-refractivity contribution is 6.30. The lowest BCUT2D eigenvalue weighted by atomic mass is 9.85. The summed E-state index contributed by atoms with van der Waals surface area (Å²) >= 11 is 6.07. The first-order valence-corrected chi connectivity index (χ1v) is 6.90. The molecule has 1 aliphatic carbocycles. The molecule has 1 heterocycles. The van der Waals surface area contributed by atoms with E-state index in [1.54, 1.807) is 0 Å². The van der Waals surface area contributed by atoms with Crippen LogP contribution in [0.25, 0.3) is 0 Å². The van der Waals surface area contributed by atoms with Gasteiger partial charge in [0.2, 0.25) is 5.91 Å². The Hall–Kier alpha value is -1.22. The van der Waals surface area contributed by atoms with Crippen LogP contribution in [0.2, 0.25) is 5.02 Å². The zero-order valence-electron chi connectivity index (χ0n) is 10.2. The summed E-state index contributed by atoms with van der Waals surface area (Å²) in [6, 6.07) is 6.07. The molecule has 3 atom stereocenters. The number of rotatable bonds is 1. The van der Waals surface area contributed by atoms with E-state index in [4.69, 9.17) is 17.3 Å². The van der Waals surface area contributed by atoms with Gasteiger partial charge in [-0.25, -0.2) is 0 Å². The number of carbonyl (C=O) groups excluding carboxylic acids is 1. The van der Waals surface area contributed by atoms with E-state index in [1.807, 2.05) is 18.2 Å². The van der Waals surface area contributed by atoms with E-state index in [1.165, 1.54) is 5.56 Å². The fourth-order valence-electron chi connectivity index (χ4n) is 3.39. The predicted octanol–water partition coefficient (Wildman–Crippen LogP) is 2.89. The third kappa shape index (κ3) is 1.87. The standard InChI is InChI=1S/C14H17ClN2O/c15-8-5-6-12-11(7-8)9-3-1-2-4-10(14(16)18)13(9)17-12/h5-7,9-10,13,17H,1-4H2,(H2,16,18)/t9?,10-,13?/m0/s1. The van der Waals surface area contributed by atoms with Crippen molar-refractivity contribution in [2.24, 2.45) is 11.7 Å². The largest absolute Gasteiger partial charge is 0.381 e. The van der Waals surface area contributed by atoms with E-state index in [0.717, 1.165) is 36.4 Å². The number of amides is 1. The highest BCUT2D eigenvalue weighted by Gasteiger charge is 2.40. The van der Waals surface area contributed by atoms with Gasteiger partial charge in [-0.2, -0.15) is 0 Å². The predicted molar refractivity (Wildman–Crippen MR) is 72.8 cm³/mol. The molecule has 2 unspecified atom stereocenters. The van der Waals surface area contributed by atoms with Crippen molar-refractivity contribution in [1.82, 2.24) is 0 Å². The Kier molecular flexibility index (Phi) is 2.94. The van der Waals surface area contributed by atoms with Crippen molar-refractivity contribution >= 4 is 23.2 Å². The van der Waals surface area contributed by atoms with Crippen LogP contribution in [-0.4, -0.2) is 11.9 Å². The molecule has 3 rings (SSSR count). The second-order valence-electron chi connectivity index (χ2n) is 5.30. The summed E-state index contributed by atoms with van der Waals surface area (Å²) in [4.78, 5) is 11.6. The minimum Gasteiger partial charge on any atom is -0.381 e. The van der Waals surface area contributed by atoms with Gasteiger partial charge in [0, 0.05) is 22.7 Å². The third-order valence-corrected chi connectivity index (χ3v) is 4.48. The number of carbonyl (C=O) groups is 1. The monoisotopic (exact) mass is 264 g/mol. The van der Waals surface area contributed by atoms with Crippen molar-refractivity contribution in [3.63, 3.8) is 0 Å². The Morgan fingerprint density at radius 1 is 1.33 bits per heavy atom. The Morgan fingerprint density at radius 3 is 2.89 bits per heavy atom. The highest BCUT2D eigenvalue weighted by Crippen LogP contribution is 2.45. The molecule has 3 nitrogen and oxygen atoms in total. The van der Waals surface area contributed by atoms with Gasteiger partial charge in [0.05, 0.1) is 5.92 Å². The van der Waals surface area contributed by atoms with E-state index in [0.29, 0.717) is 5.92 Å². The molecule has 0 aromatic heterocycles. The van der Waals surface area contributed by atoms with Gasteiger partial charge in [-0.3, -0.25) is 4.79 Å². The Morgan fingerprint density at radius 2 is 2.11 bits per heavy atom. The summed E-state index contributed by atoms with van der Waals surface area (Å²) in [5, 5.41) is 4.24.